The fourth-order valence-electron chi connectivity index (χ4n) is 0.158. The molecule has 0 rings (SSSR count). The first-order valence-electron chi connectivity index (χ1n) is 2.02. The van der Waals surface area contributed by atoms with Gasteiger partial charge in [0.25, 0.3) is 0 Å². The van der Waals surface area contributed by atoms with Gasteiger partial charge in [-0.2, -0.15) is 0 Å². The molecule has 0 amide bonds. The minimum atomic E-state index is 0. The molecule has 9 heavy (non-hydrogen) atoms. The van der Waals surface area contributed by atoms with Crippen LogP contribution in [0.4, 0.5) is 0 Å². The minimum absolute atomic E-state index is 0. The first-order valence-corrected chi connectivity index (χ1v) is 2.02. The van der Waals surface area contributed by atoms with Crippen molar-refractivity contribution in [1.82, 2.24) is 0 Å². The average Bonchev–Trinajstić information content (AvgIpc) is 1.41. The van der Waals surface area contributed by atoms with Gasteiger partial charge >= 0.3 is 0 Å². The Morgan fingerprint density at radius 2 is 1.44 bits per heavy atom. The van der Waals surface area contributed by atoms with E-state index in [2.05, 4.69) is 6.92 Å². The molecule has 0 saturated heterocycles. The fourth-order valence-corrected chi connectivity index (χ4v) is 0.158. The average molecular weight is 234 g/mol. The molecule has 1 N–H and O–H groups in total. The molecule has 0 aliphatic carbocycles. The third-order valence-electron chi connectivity index (χ3n) is 0.512. The number of unbranched alkanes of at least 4 members (excludes halogenated alkanes) is 1. The monoisotopic (exact) mass is 233 g/mol. The van der Waals surface area contributed by atoms with E-state index in [9.17, 15) is 0 Å². The molecule has 0 aromatic heterocycles. The Morgan fingerprint density at radius 1 is 1.11 bits per heavy atom. The van der Waals surface area contributed by atoms with Gasteiger partial charge in [-0.05, 0) is 6.42 Å². The Hall–Kier alpha value is 1.41. The van der Waals surface area contributed by atoms with E-state index in [0.29, 0.717) is 6.61 Å². The van der Waals surface area contributed by atoms with Gasteiger partial charge in [-0.15, -0.1) is 37.2 Å². The molecule has 0 heterocycles. The van der Waals surface area contributed by atoms with Gasteiger partial charge in [-0.1, -0.05) is 13.3 Å². The van der Waals surface area contributed by atoms with Crippen LogP contribution in [0.2, 0.25) is 0 Å². The maximum Gasteiger partial charge on any atom is 0.0430 e. The van der Waals surface area contributed by atoms with Crippen molar-refractivity contribution in [3.63, 3.8) is 0 Å². The molecule has 0 fully saturated rings. The molecule has 61 valence electrons. The van der Waals surface area contributed by atoms with Crippen LogP contribution < -0.4 is 0 Å². The number of hydrogen-bond donors (Lipinski definition) is 1. The first kappa shape index (κ1) is 31.5. The van der Waals surface area contributed by atoms with E-state index < -0.39 is 0 Å². The van der Waals surface area contributed by atoms with Crippen LogP contribution in [-0.4, -0.2) is 11.7 Å². The van der Waals surface area contributed by atoms with Crippen LogP contribution in [0.15, 0.2) is 0 Å². The van der Waals surface area contributed by atoms with E-state index in [1.807, 2.05) is 0 Å². The van der Waals surface area contributed by atoms with Crippen molar-refractivity contribution in [3.05, 3.63) is 0 Å². The van der Waals surface area contributed by atoms with Gasteiger partial charge in [0.1, 0.15) is 0 Å². The van der Waals surface area contributed by atoms with Gasteiger partial charge in [-0.25, -0.2) is 0 Å². The molecule has 0 aromatic rings. The Bertz CT molecular complexity index is 23.3. The molecule has 0 aliphatic heterocycles. The van der Waals surface area contributed by atoms with E-state index in [1.165, 1.54) is 0 Å². The molecule has 0 unspecified atom stereocenters. The van der Waals surface area contributed by atoms with Crippen molar-refractivity contribution in [2.45, 2.75) is 19.8 Å². The van der Waals surface area contributed by atoms with Crippen molar-refractivity contribution in [2.75, 3.05) is 6.61 Å². The van der Waals surface area contributed by atoms with Crippen LogP contribution in [0.3, 0.4) is 0 Å². The molecule has 0 saturated carbocycles. The number of hydrogen-bond acceptors (Lipinski definition) is 1. The maximum absolute atomic E-state index is 8.07. The minimum Gasteiger partial charge on any atom is -0.396 e. The summed E-state index contributed by atoms with van der Waals surface area (Å²) in [6, 6.07) is 0. The molecule has 0 aliphatic rings. The molecule has 5 heteroatoms. The van der Waals surface area contributed by atoms with Gasteiger partial charge in [0.15, 0.2) is 0 Å². The van der Waals surface area contributed by atoms with E-state index >= 15 is 0 Å². The summed E-state index contributed by atoms with van der Waals surface area (Å²) in [4.78, 5) is 0. The molecule has 1 nitrogen and oxygen atoms in total. The van der Waals surface area contributed by atoms with Gasteiger partial charge in [0, 0.05) is 25.2 Å². The molecule has 0 aromatic carbocycles. The van der Waals surface area contributed by atoms with Crippen molar-refractivity contribution >= 4 is 37.2 Å². The smallest absolute Gasteiger partial charge is 0.0430 e. The third-order valence-corrected chi connectivity index (χ3v) is 0.512. The van der Waals surface area contributed by atoms with Crippen LogP contribution in [0.5, 0.6) is 0 Å². The predicted molar refractivity (Wildman–Crippen MR) is 43.7 cm³/mol. The maximum atomic E-state index is 8.07. The number of halogens is 3. The fraction of sp³-hybridized carbons (Fsp3) is 1.00. The number of aliphatic hydroxyl groups is 1. The zero-order valence-electron chi connectivity index (χ0n) is 5.24. The zero-order valence-corrected chi connectivity index (χ0v) is 9.09. The van der Waals surface area contributed by atoms with E-state index in [0.717, 1.165) is 12.8 Å². The summed E-state index contributed by atoms with van der Waals surface area (Å²) >= 11 is 0. The van der Waals surface area contributed by atoms with E-state index in [1.54, 1.807) is 0 Å². The quantitative estimate of drug-likeness (QED) is 0.775. The Kier molecular flexibility index (Phi) is 120. The molecular weight excluding hydrogens is 221 g/mol. The predicted octanol–water partition coefficient (Wildman–Crippen LogP) is 2.04. The zero-order chi connectivity index (χ0) is 4.12. The van der Waals surface area contributed by atoms with Crippen LogP contribution in [0, 0.1) is 0 Å². The van der Waals surface area contributed by atoms with E-state index in [4.69, 9.17) is 5.11 Å². The van der Waals surface area contributed by atoms with Crippen molar-refractivity contribution in [2.24, 2.45) is 0 Å². The topological polar surface area (TPSA) is 20.2 Å². The Morgan fingerprint density at radius 3 is 1.44 bits per heavy atom. The van der Waals surface area contributed by atoms with Crippen LogP contribution in [-0.2, 0) is 18.6 Å². The summed E-state index contributed by atoms with van der Waals surface area (Å²) in [5, 5.41) is 8.07. The summed E-state index contributed by atoms with van der Waals surface area (Å²) in [5.41, 5.74) is 0. The molecule has 0 bridgehead atoms. The second-order valence-electron chi connectivity index (χ2n) is 1.08. The SMILES string of the molecule is CCCCO.Cl.Cl.Cl.[V]. The van der Waals surface area contributed by atoms with Crippen molar-refractivity contribution in [3.8, 4) is 0 Å². The summed E-state index contributed by atoms with van der Waals surface area (Å²) in [5.74, 6) is 0. The molecular formula is C4H13Cl3OV. The number of rotatable bonds is 2. The molecule has 1 radical (unpaired) electrons. The molecule has 0 spiro atoms. The number of aliphatic hydroxyl groups excluding tert-OH is 1. The van der Waals surface area contributed by atoms with Crippen LogP contribution in [0.1, 0.15) is 19.8 Å². The third kappa shape index (κ3) is 44.4. The standard InChI is InChI=1S/C4H10O.3ClH.V/c1-2-3-4-5;;;;/h5H,2-4H2,1H3;3*1H;. The molecule has 0 atom stereocenters. The van der Waals surface area contributed by atoms with Gasteiger partial charge in [0.2, 0.25) is 0 Å². The first-order chi connectivity index (χ1) is 2.41. The largest absolute Gasteiger partial charge is 0.396 e. The van der Waals surface area contributed by atoms with Gasteiger partial charge < -0.3 is 5.11 Å². The second kappa shape index (κ2) is 34.2. The van der Waals surface area contributed by atoms with Crippen LogP contribution in [0.25, 0.3) is 0 Å². The van der Waals surface area contributed by atoms with Gasteiger partial charge in [0.05, 0.1) is 0 Å². The summed E-state index contributed by atoms with van der Waals surface area (Å²) in [6.45, 7) is 2.40. The normalized spacial score (nSPS) is 4.67. The summed E-state index contributed by atoms with van der Waals surface area (Å²) < 4.78 is 0. The van der Waals surface area contributed by atoms with Crippen LogP contribution >= 0.6 is 37.2 Å². The van der Waals surface area contributed by atoms with Gasteiger partial charge in [-0.3, -0.25) is 0 Å². The Balaban J connectivity index is -0.0000000133. The summed E-state index contributed by atoms with van der Waals surface area (Å²) in [7, 11) is 0. The van der Waals surface area contributed by atoms with Crippen molar-refractivity contribution in [1.29, 1.82) is 0 Å². The summed E-state index contributed by atoms with van der Waals surface area (Å²) in [6.07, 6.45) is 2.04. The van der Waals surface area contributed by atoms with E-state index in [-0.39, 0.29) is 55.8 Å². The second-order valence-corrected chi connectivity index (χ2v) is 1.08. The Labute approximate surface area is 87.1 Å². The van der Waals surface area contributed by atoms with Crippen molar-refractivity contribution < 1.29 is 23.7 Å².